The summed E-state index contributed by atoms with van der Waals surface area (Å²) in [5.41, 5.74) is -1.24. The molecule has 8 heteroatoms. The largest absolute Gasteiger partial charge is 0.393 e. The van der Waals surface area contributed by atoms with Crippen LogP contribution in [-0.2, 0) is 19.1 Å². The van der Waals surface area contributed by atoms with Gasteiger partial charge in [-0.05, 0) is 25.2 Å². The molecule has 4 atom stereocenters. The quantitative estimate of drug-likeness (QED) is 0.371. The average molecular weight is 372 g/mol. The number of aliphatic hydroxyl groups excluding tert-OH is 2. The Kier molecular flexibility index (Phi) is 8.17. The van der Waals surface area contributed by atoms with Crippen molar-refractivity contribution in [3.8, 4) is 0 Å². The van der Waals surface area contributed by atoms with Gasteiger partial charge in [0.1, 0.15) is 6.04 Å². The van der Waals surface area contributed by atoms with Crippen LogP contribution in [0.25, 0.3) is 0 Å². The predicted molar refractivity (Wildman–Crippen MR) is 95.2 cm³/mol. The monoisotopic (exact) mass is 372 g/mol. The zero-order valence-corrected chi connectivity index (χ0v) is 16.2. The molecule has 0 radical (unpaired) electrons. The topological polar surface area (TPSA) is 128 Å². The maximum absolute atomic E-state index is 12.6. The second kappa shape index (κ2) is 9.43. The Bertz CT molecular complexity index is 514. The molecule has 1 saturated heterocycles. The molecule has 0 aromatic rings. The number of ether oxygens (including phenoxy) is 1. The molecular weight excluding hydrogens is 340 g/mol. The Morgan fingerprint density at radius 2 is 1.65 bits per heavy atom. The number of hydrogen-bond donors (Lipinski definition) is 4. The van der Waals surface area contributed by atoms with E-state index in [-0.39, 0.29) is 36.6 Å². The summed E-state index contributed by atoms with van der Waals surface area (Å²) in [5, 5.41) is 24.4. The van der Waals surface area contributed by atoms with Gasteiger partial charge in [0.05, 0.1) is 25.4 Å². The highest BCUT2D eigenvalue weighted by atomic mass is 16.6. The number of carbonyl (C=O) groups is 3. The SMILES string of the molecule is CC(C)CC(=O)NC(C(=O)NC(CC(C)C)C(=O)C1(CO)CO1)C(C)O. The van der Waals surface area contributed by atoms with Crippen molar-refractivity contribution in [3.63, 3.8) is 0 Å². The van der Waals surface area contributed by atoms with Gasteiger partial charge in [-0.1, -0.05) is 27.7 Å². The first-order valence-corrected chi connectivity index (χ1v) is 9.09. The molecule has 0 aromatic carbocycles. The molecule has 1 aliphatic rings. The number of carbonyl (C=O) groups excluding carboxylic acids is 3. The summed E-state index contributed by atoms with van der Waals surface area (Å²) in [6.07, 6.45) is -0.529. The van der Waals surface area contributed by atoms with Crippen LogP contribution in [0, 0.1) is 11.8 Å². The fourth-order valence-corrected chi connectivity index (χ4v) is 2.69. The van der Waals surface area contributed by atoms with Gasteiger partial charge >= 0.3 is 0 Å². The van der Waals surface area contributed by atoms with E-state index in [0.717, 1.165) is 0 Å². The third kappa shape index (κ3) is 6.34. The minimum Gasteiger partial charge on any atom is -0.393 e. The van der Waals surface area contributed by atoms with E-state index in [9.17, 15) is 24.6 Å². The predicted octanol–water partition coefficient (Wildman–Crippen LogP) is -0.241. The Balaban J connectivity index is 2.84. The van der Waals surface area contributed by atoms with E-state index in [1.165, 1.54) is 6.92 Å². The first kappa shape index (κ1) is 22.5. The average Bonchev–Trinajstić information content (AvgIpc) is 3.30. The second-order valence-corrected chi connectivity index (χ2v) is 7.88. The third-order valence-corrected chi connectivity index (χ3v) is 4.21. The van der Waals surface area contributed by atoms with E-state index >= 15 is 0 Å². The van der Waals surface area contributed by atoms with Crippen LogP contribution >= 0.6 is 0 Å². The molecule has 0 spiro atoms. The Hall–Kier alpha value is -1.51. The molecular formula is C18H32N2O6. The normalized spacial score (nSPS) is 22.7. The second-order valence-electron chi connectivity index (χ2n) is 7.88. The summed E-state index contributed by atoms with van der Waals surface area (Å²) < 4.78 is 5.10. The molecule has 1 heterocycles. The molecule has 8 nitrogen and oxygen atoms in total. The van der Waals surface area contributed by atoms with E-state index in [4.69, 9.17) is 4.74 Å². The molecule has 2 amide bonds. The molecule has 1 fully saturated rings. The standard InChI is InChI=1S/C18H32N2O6/c1-10(2)6-13(16(24)18(8-21)9-26-18)19-17(25)15(12(5)22)20-14(23)7-11(3)4/h10-13,15,21-22H,6-9H2,1-5H3,(H,19,25)(H,20,23). The Labute approximate surface area is 154 Å². The van der Waals surface area contributed by atoms with Gasteiger partial charge in [0, 0.05) is 6.42 Å². The summed E-state index contributed by atoms with van der Waals surface area (Å²) in [6, 6.07) is -2.02. The fourth-order valence-electron chi connectivity index (χ4n) is 2.69. The van der Waals surface area contributed by atoms with Gasteiger partial charge in [0.25, 0.3) is 0 Å². The number of amides is 2. The van der Waals surface area contributed by atoms with Crippen LogP contribution in [0.2, 0.25) is 0 Å². The van der Waals surface area contributed by atoms with Crippen molar-refractivity contribution in [2.75, 3.05) is 13.2 Å². The first-order valence-electron chi connectivity index (χ1n) is 9.09. The van der Waals surface area contributed by atoms with Crippen molar-refractivity contribution in [3.05, 3.63) is 0 Å². The lowest BCUT2D eigenvalue weighted by Crippen LogP contribution is -2.57. The Morgan fingerprint density at radius 1 is 1.08 bits per heavy atom. The van der Waals surface area contributed by atoms with Crippen LogP contribution in [0.3, 0.4) is 0 Å². The molecule has 26 heavy (non-hydrogen) atoms. The number of Topliss-reactive ketones (excluding diaryl/α,β-unsaturated/α-hetero) is 1. The van der Waals surface area contributed by atoms with Crippen LogP contribution in [0.15, 0.2) is 0 Å². The Morgan fingerprint density at radius 3 is 2.04 bits per heavy atom. The lowest BCUT2D eigenvalue weighted by molar-refractivity contribution is -0.136. The molecule has 4 N–H and O–H groups in total. The van der Waals surface area contributed by atoms with Crippen LogP contribution < -0.4 is 10.6 Å². The van der Waals surface area contributed by atoms with Gasteiger partial charge in [-0.2, -0.15) is 0 Å². The summed E-state index contributed by atoms with van der Waals surface area (Å²) >= 11 is 0. The van der Waals surface area contributed by atoms with Gasteiger partial charge in [-0.3, -0.25) is 14.4 Å². The van der Waals surface area contributed by atoms with Crippen LogP contribution in [0.5, 0.6) is 0 Å². The van der Waals surface area contributed by atoms with Crippen molar-refractivity contribution >= 4 is 17.6 Å². The van der Waals surface area contributed by atoms with E-state index in [1.807, 2.05) is 27.7 Å². The zero-order chi connectivity index (χ0) is 20.1. The molecule has 1 rings (SSSR count). The third-order valence-electron chi connectivity index (χ3n) is 4.21. The fraction of sp³-hybridized carbons (Fsp3) is 0.833. The highest BCUT2D eigenvalue weighted by Gasteiger charge is 2.54. The van der Waals surface area contributed by atoms with Crippen molar-refractivity contribution < 1.29 is 29.3 Å². The number of rotatable bonds is 11. The maximum atomic E-state index is 12.6. The van der Waals surface area contributed by atoms with Crippen LogP contribution in [0.4, 0.5) is 0 Å². The van der Waals surface area contributed by atoms with Gasteiger partial charge in [0.15, 0.2) is 11.4 Å². The molecule has 0 saturated carbocycles. The minimum atomic E-state index is -1.24. The zero-order valence-electron chi connectivity index (χ0n) is 16.2. The summed E-state index contributed by atoms with van der Waals surface area (Å²) in [7, 11) is 0. The summed E-state index contributed by atoms with van der Waals surface area (Å²) in [4.78, 5) is 37.2. The highest BCUT2D eigenvalue weighted by Crippen LogP contribution is 2.30. The highest BCUT2D eigenvalue weighted by molar-refractivity contribution is 5.98. The molecule has 4 unspecified atom stereocenters. The molecule has 0 aliphatic carbocycles. The lowest BCUT2D eigenvalue weighted by atomic mass is 9.92. The molecule has 0 aromatic heterocycles. The maximum Gasteiger partial charge on any atom is 0.245 e. The number of ketones is 1. The lowest BCUT2D eigenvalue weighted by Gasteiger charge is -2.26. The van der Waals surface area contributed by atoms with Crippen molar-refractivity contribution in [1.29, 1.82) is 0 Å². The summed E-state index contributed by atoms with van der Waals surface area (Å²) in [6.45, 7) is 8.64. The molecule has 0 bridgehead atoms. The van der Waals surface area contributed by atoms with Gasteiger partial charge in [-0.15, -0.1) is 0 Å². The van der Waals surface area contributed by atoms with Gasteiger partial charge in [0.2, 0.25) is 11.8 Å². The number of aliphatic hydroxyl groups is 2. The van der Waals surface area contributed by atoms with Crippen molar-refractivity contribution in [2.24, 2.45) is 11.8 Å². The van der Waals surface area contributed by atoms with Crippen molar-refractivity contribution in [2.45, 2.75) is 71.2 Å². The first-order chi connectivity index (χ1) is 12.0. The van der Waals surface area contributed by atoms with Gasteiger partial charge < -0.3 is 25.6 Å². The number of epoxide rings is 1. The van der Waals surface area contributed by atoms with E-state index in [1.54, 1.807) is 0 Å². The molecule has 150 valence electrons. The van der Waals surface area contributed by atoms with E-state index < -0.39 is 36.3 Å². The van der Waals surface area contributed by atoms with Gasteiger partial charge in [-0.25, -0.2) is 0 Å². The smallest absolute Gasteiger partial charge is 0.245 e. The van der Waals surface area contributed by atoms with E-state index in [2.05, 4.69) is 10.6 Å². The minimum absolute atomic E-state index is 0.110. The van der Waals surface area contributed by atoms with Crippen LogP contribution in [0.1, 0.15) is 47.5 Å². The number of hydrogen-bond acceptors (Lipinski definition) is 6. The molecule has 1 aliphatic heterocycles. The van der Waals surface area contributed by atoms with E-state index in [0.29, 0.717) is 6.42 Å². The summed E-state index contributed by atoms with van der Waals surface area (Å²) in [5.74, 6) is -1.14. The number of nitrogens with one attached hydrogen (secondary N) is 2. The van der Waals surface area contributed by atoms with Crippen molar-refractivity contribution in [1.82, 2.24) is 10.6 Å². The van der Waals surface area contributed by atoms with Crippen LogP contribution in [-0.4, -0.2) is 64.8 Å².